The summed E-state index contributed by atoms with van der Waals surface area (Å²) in [6, 6.07) is 15.7. The van der Waals surface area contributed by atoms with Crippen molar-refractivity contribution in [1.29, 1.82) is 0 Å². The van der Waals surface area contributed by atoms with Gasteiger partial charge in [0.2, 0.25) is 5.13 Å². The molecule has 27 heavy (non-hydrogen) atoms. The molecular weight excluding hydrogens is 360 g/mol. The number of nitrogens with zero attached hydrogens (tertiary/aromatic N) is 2. The van der Waals surface area contributed by atoms with Crippen LogP contribution < -0.4 is 10.6 Å². The van der Waals surface area contributed by atoms with Crippen LogP contribution in [-0.2, 0) is 5.41 Å². The van der Waals surface area contributed by atoms with E-state index in [1.165, 1.54) is 11.3 Å². The van der Waals surface area contributed by atoms with Gasteiger partial charge in [0.25, 0.3) is 11.8 Å². The van der Waals surface area contributed by atoms with Gasteiger partial charge in [-0.15, -0.1) is 10.2 Å². The van der Waals surface area contributed by atoms with Crippen LogP contribution in [0.5, 0.6) is 0 Å². The number of anilines is 2. The van der Waals surface area contributed by atoms with Gasteiger partial charge in [-0.3, -0.25) is 14.9 Å². The highest BCUT2D eigenvalue weighted by Gasteiger charge is 2.20. The number of amides is 2. The van der Waals surface area contributed by atoms with Gasteiger partial charge in [-0.05, 0) is 30.3 Å². The summed E-state index contributed by atoms with van der Waals surface area (Å²) in [5.41, 5.74) is 1.40. The minimum Gasteiger partial charge on any atom is -0.322 e. The van der Waals surface area contributed by atoms with Crippen LogP contribution in [0.25, 0.3) is 0 Å². The summed E-state index contributed by atoms with van der Waals surface area (Å²) in [4.78, 5) is 24.8. The molecule has 0 fully saturated rings. The third-order valence-electron chi connectivity index (χ3n) is 3.71. The molecule has 2 aromatic carbocycles. The van der Waals surface area contributed by atoms with Crippen molar-refractivity contribution in [1.82, 2.24) is 10.2 Å². The number of nitrogens with one attached hydrogen (secondary N) is 2. The van der Waals surface area contributed by atoms with Crippen LogP contribution in [0.15, 0.2) is 54.6 Å². The van der Waals surface area contributed by atoms with E-state index >= 15 is 0 Å². The van der Waals surface area contributed by atoms with E-state index < -0.39 is 0 Å². The Kier molecular flexibility index (Phi) is 5.32. The molecule has 6 nitrogen and oxygen atoms in total. The number of carbonyl (C=O) groups is 2. The van der Waals surface area contributed by atoms with E-state index in [9.17, 15) is 9.59 Å². The molecule has 3 rings (SSSR count). The molecule has 0 aliphatic carbocycles. The Morgan fingerprint density at radius 1 is 0.852 bits per heavy atom. The maximum Gasteiger partial charge on any atom is 0.257 e. The molecule has 0 bridgehead atoms. The number of aromatic nitrogens is 2. The lowest BCUT2D eigenvalue weighted by molar-refractivity contribution is 0.101. The summed E-state index contributed by atoms with van der Waals surface area (Å²) >= 11 is 1.35. The Morgan fingerprint density at radius 2 is 1.52 bits per heavy atom. The fraction of sp³-hybridized carbons (Fsp3) is 0.200. The van der Waals surface area contributed by atoms with Crippen molar-refractivity contribution in [3.63, 3.8) is 0 Å². The fourth-order valence-corrected chi connectivity index (χ4v) is 3.07. The standard InChI is InChI=1S/C20H20N4O2S/c1-20(2,3)18-23-24-19(27-18)22-17(26)14-10-7-11-15(12-14)21-16(25)13-8-5-4-6-9-13/h4-12H,1-3H3,(H,21,25)(H,22,24,26). The van der Waals surface area contributed by atoms with Crippen molar-refractivity contribution in [2.24, 2.45) is 0 Å². The van der Waals surface area contributed by atoms with Gasteiger partial charge in [0, 0.05) is 22.2 Å². The second-order valence-electron chi connectivity index (χ2n) is 7.02. The summed E-state index contributed by atoms with van der Waals surface area (Å²) in [7, 11) is 0. The third kappa shape index (κ3) is 4.77. The largest absolute Gasteiger partial charge is 0.322 e. The normalized spacial score (nSPS) is 11.1. The molecule has 0 saturated heterocycles. The highest BCUT2D eigenvalue weighted by molar-refractivity contribution is 7.15. The van der Waals surface area contributed by atoms with Crippen LogP contribution in [0.2, 0.25) is 0 Å². The van der Waals surface area contributed by atoms with Crippen LogP contribution in [0.3, 0.4) is 0 Å². The van der Waals surface area contributed by atoms with Gasteiger partial charge in [0.05, 0.1) is 0 Å². The van der Waals surface area contributed by atoms with Gasteiger partial charge in [0.15, 0.2) is 0 Å². The molecule has 138 valence electrons. The second kappa shape index (κ2) is 7.67. The lowest BCUT2D eigenvalue weighted by atomic mass is 9.98. The van der Waals surface area contributed by atoms with Crippen molar-refractivity contribution in [2.45, 2.75) is 26.2 Å². The average molecular weight is 380 g/mol. The van der Waals surface area contributed by atoms with E-state index in [4.69, 9.17) is 0 Å². The van der Waals surface area contributed by atoms with E-state index in [1.54, 1.807) is 48.5 Å². The van der Waals surface area contributed by atoms with E-state index in [0.717, 1.165) is 5.01 Å². The van der Waals surface area contributed by atoms with Gasteiger partial charge < -0.3 is 5.32 Å². The molecule has 0 unspecified atom stereocenters. The first-order valence-corrected chi connectivity index (χ1v) is 9.26. The van der Waals surface area contributed by atoms with Gasteiger partial charge >= 0.3 is 0 Å². The zero-order chi connectivity index (χ0) is 19.4. The van der Waals surface area contributed by atoms with Crippen LogP contribution in [-0.4, -0.2) is 22.0 Å². The van der Waals surface area contributed by atoms with Crippen LogP contribution in [0.4, 0.5) is 10.8 Å². The zero-order valence-corrected chi connectivity index (χ0v) is 16.1. The predicted octanol–water partition coefficient (Wildman–Crippen LogP) is 4.34. The molecule has 0 atom stereocenters. The van der Waals surface area contributed by atoms with E-state index in [1.807, 2.05) is 26.8 Å². The topological polar surface area (TPSA) is 84.0 Å². The first-order valence-electron chi connectivity index (χ1n) is 8.45. The lowest BCUT2D eigenvalue weighted by Gasteiger charge is -2.12. The number of hydrogen-bond donors (Lipinski definition) is 2. The van der Waals surface area contributed by atoms with Crippen LogP contribution in [0, 0.1) is 0 Å². The van der Waals surface area contributed by atoms with Crippen LogP contribution in [0.1, 0.15) is 46.5 Å². The van der Waals surface area contributed by atoms with E-state index in [-0.39, 0.29) is 17.2 Å². The average Bonchev–Trinajstić information content (AvgIpc) is 3.11. The van der Waals surface area contributed by atoms with Crippen molar-refractivity contribution < 1.29 is 9.59 Å². The number of hydrogen-bond acceptors (Lipinski definition) is 5. The minimum absolute atomic E-state index is 0.123. The highest BCUT2D eigenvalue weighted by atomic mass is 32.1. The zero-order valence-electron chi connectivity index (χ0n) is 15.3. The minimum atomic E-state index is -0.303. The first kappa shape index (κ1) is 18.7. The summed E-state index contributed by atoms with van der Waals surface area (Å²) in [5.74, 6) is -0.533. The Bertz CT molecular complexity index is 961. The number of rotatable bonds is 4. The number of carbonyl (C=O) groups excluding carboxylic acids is 2. The van der Waals surface area contributed by atoms with Gasteiger partial charge in [-0.25, -0.2) is 0 Å². The monoisotopic (exact) mass is 380 g/mol. The number of benzene rings is 2. The predicted molar refractivity (Wildman–Crippen MR) is 107 cm³/mol. The van der Waals surface area contributed by atoms with E-state index in [0.29, 0.717) is 21.9 Å². The smallest absolute Gasteiger partial charge is 0.257 e. The summed E-state index contributed by atoms with van der Waals surface area (Å²) in [6.07, 6.45) is 0. The Hall–Kier alpha value is -3.06. The van der Waals surface area contributed by atoms with Gasteiger partial charge in [0.1, 0.15) is 5.01 Å². The summed E-state index contributed by atoms with van der Waals surface area (Å²) in [6.45, 7) is 6.12. The highest BCUT2D eigenvalue weighted by Crippen LogP contribution is 2.28. The molecule has 0 saturated carbocycles. The molecule has 2 amide bonds. The van der Waals surface area contributed by atoms with E-state index in [2.05, 4.69) is 20.8 Å². The maximum atomic E-state index is 12.5. The molecule has 0 radical (unpaired) electrons. The molecule has 0 spiro atoms. The van der Waals surface area contributed by atoms with Crippen molar-refractivity contribution in [3.05, 3.63) is 70.7 Å². The molecule has 2 N–H and O–H groups in total. The van der Waals surface area contributed by atoms with Gasteiger partial charge in [-0.1, -0.05) is 56.4 Å². The fourth-order valence-electron chi connectivity index (χ4n) is 2.28. The quantitative estimate of drug-likeness (QED) is 0.705. The molecule has 3 aromatic rings. The third-order valence-corrected chi connectivity index (χ3v) is 4.97. The molecule has 7 heteroatoms. The Balaban J connectivity index is 1.70. The first-order chi connectivity index (χ1) is 12.8. The summed E-state index contributed by atoms with van der Waals surface area (Å²) < 4.78 is 0. The SMILES string of the molecule is CC(C)(C)c1nnc(NC(=O)c2cccc(NC(=O)c3ccccc3)c2)s1. The van der Waals surface area contributed by atoms with Gasteiger partial charge in [-0.2, -0.15) is 0 Å². The van der Waals surface area contributed by atoms with Crippen LogP contribution >= 0.6 is 11.3 Å². The Labute approximate surface area is 161 Å². The summed E-state index contributed by atoms with van der Waals surface area (Å²) in [5, 5.41) is 15.0. The molecule has 1 heterocycles. The maximum absolute atomic E-state index is 12.5. The van der Waals surface area contributed by atoms with Crippen molar-refractivity contribution in [3.8, 4) is 0 Å². The molecule has 1 aromatic heterocycles. The van der Waals surface area contributed by atoms with Crippen molar-refractivity contribution >= 4 is 34.0 Å². The molecule has 0 aliphatic rings. The Morgan fingerprint density at radius 3 is 2.19 bits per heavy atom. The molecular formula is C20H20N4O2S. The lowest BCUT2D eigenvalue weighted by Crippen LogP contribution is -2.14. The molecule has 0 aliphatic heterocycles. The second-order valence-corrected chi connectivity index (χ2v) is 7.99. The van der Waals surface area contributed by atoms with Crippen molar-refractivity contribution in [2.75, 3.05) is 10.6 Å².